The zero-order chi connectivity index (χ0) is 9.10. The highest BCUT2D eigenvalue weighted by Gasteiger charge is 1.97. The van der Waals surface area contributed by atoms with Crippen molar-refractivity contribution in [2.75, 3.05) is 5.73 Å². The van der Waals surface area contributed by atoms with Gasteiger partial charge in [0.15, 0.2) is 0 Å². The van der Waals surface area contributed by atoms with Gasteiger partial charge in [-0.05, 0) is 24.3 Å². The van der Waals surface area contributed by atoms with Gasteiger partial charge >= 0.3 is 0 Å². The van der Waals surface area contributed by atoms with Gasteiger partial charge in [0, 0.05) is 6.20 Å². The van der Waals surface area contributed by atoms with Gasteiger partial charge in [0.05, 0.1) is 23.3 Å². The normalized spacial score (nSPS) is 8.00. The molecule has 0 saturated carbocycles. The monoisotopic (exact) mass is 279 g/mol. The third-order valence-corrected chi connectivity index (χ3v) is 1.71. The summed E-state index contributed by atoms with van der Waals surface area (Å²) in [5, 5.41) is 0. The van der Waals surface area contributed by atoms with Crippen LogP contribution < -0.4 is 5.73 Å². The summed E-state index contributed by atoms with van der Waals surface area (Å²) in [7, 11) is 0. The van der Waals surface area contributed by atoms with Crippen LogP contribution in [0.4, 0.5) is 5.69 Å². The molecule has 0 atom stereocenters. The Hall–Kier alpha value is -1.03. The third kappa shape index (κ3) is 4.23. The molecule has 3 nitrogen and oxygen atoms in total. The number of hydrogen-bond donors (Lipinski definition) is 1. The van der Waals surface area contributed by atoms with E-state index in [4.69, 9.17) is 5.73 Å². The number of rotatable bonds is 1. The lowest BCUT2D eigenvalue weighted by molar-refractivity contribution is 1.25. The maximum absolute atomic E-state index is 5.52. The van der Waals surface area contributed by atoms with Crippen LogP contribution in [0.15, 0.2) is 42.7 Å². The first-order valence-corrected chi connectivity index (χ1v) is 3.99. The van der Waals surface area contributed by atoms with Crippen LogP contribution in [0.25, 0.3) is 11.4 Å². The number of nitrogen functional groups attached to an aromatic ring is 1. The van der Waals surface area contributed by atoms with Gasteiger partial charge in [0.1, 0.15) is 0 Å². The molecule has 0 amide bonds. The topological polar surface area (TPSA) is 51.8 Å². The Morgan fingerprint density at radius 2 is 1.50 bits per heavy atom. The standard InChI is InChI=1S/C10H9N3.3ClH/c11-8-4-5-10(13-7-8)9-3-1-2-6-12-9;;;/h1-7H,11H2;3*1H. The highest BCUT2D eigenvalue weighted by molar-refractivity contribution is 5.86. The van der Waals surface area contributed by atoms with Crippen molar-refractivity contribution in [2.45, 2.75) is 0 Å². The molecule has 2 aromatic rings. The predicted molar refractivity (Wildman–Crippen MR) is 73.6 cm³/mol. The zero-order valence-electron chi connectivity index (χ0n) is 8.24. The van der Waals surface area contributed by atoms with Crippen LogP contribution in [0.1, 0.15) is 0 Å². The van der Waals surface area contributed by atoms with Gasteiger partial charge < -0.3 is 5.73 Å². The van der Waals surface area contributed by atoms with Crippen molar-refractivity contribution in [3.63, 3.8) is 0 Å². The Morgan fingerprint density at radius 1 is 0.812 bits per heavy atom. The first-order chi connectivity index (χ1) is 6.36. The van der Waals surface area contributed by atoms with E-state index in [2.05, 4.69) is 9.97 Å². The van der Waals surface area contributed by atoms with Crippen LogP contribution in [0.3, 0.4) is 0 Å². The van der Waals surface area contributed by atoms with Crippen molar-refractivity contribution in [1.29, 1.82) is 0 Å². The smallest absolute Gasteiger partial charge is 0.0887 e. The lowest BCUT2D eigenvalue weighted by Gasteiger charge is -1.98. The van der Waals surface area contributed by atoms with Crippen LogP contribution in [0.2, 0.25) is 0 Å². The molecule has 0 unspecified atom stereocenters. The van der Waals surface area contributed by atoms with Gasteiger partial charge in [-0.2, -0.15) is 0 Å². The maximum atomic E-state index is 5.52. The number of nitrogens with two attached hydrogens (primary N) is 1. The molecule has 2 N–H and O–H groups in total. The number of nitrogens with zero attached hydrogens (tertiary/aromatic N) is 2. The fraction of sp³-hybridized carbons (Fsp3) is 0. The van der Waals surface area contributed by atoms with Crippen LogP contribution in [-0.4, -0.2) is 9.97 Å². The summed E-state index contributed by atoms with van der Waals surface area (Å²) in [6, 6.07) is 9.40. The molecule has 0 aliphatic carbocycles. The molecule has 0 bridgehead atoms. The fourth-order valence-corrected chi connectivity index (χ4v) is 1.07. The van der Waals surface area contributed by atoms with Crippen LogP contribution in [0.5, 0.6) is 0 Å². The molecule has 0 spiro atoms. The molecule has 2 rings (SSSR count). The SMILES string of the molecule is Cl.Cl.Cl.Nc1ccc(-c2ccccn2)nc1. The molecule has 0 aliphatic rings. The molecule has 0 fully saturated rings. The summed E-state index contributed by atoms with van der Waals surface area (Å²) in [5.41, 5.74) is 7.89. The van der Waals surface area contributed by atoms with Gasteiger partial charge in [-0.15, -0.1) is 37.2 Å². The average Bonchev–Trinajstić information content (AvgIpc) is 2.20. The largest absolute Gasteiger partial charge is 0.397 e. The molecule has 0 aromatic carbocycles. The quantitative estimate of drug-likeness (QED) is 0.873. The molecular weight excluding hydrogens is 268 g/mol. The van der Waals surface area contributed by atoms with E-state index in [1.54, 1.807) is 12.4 Å². The second-order valence-corrected chi connectivity index (χ2v) is 2.69. The van der Waals surface area contributed by atoms with Crippen LogP contribution in [-0.2, 0) is 0 Å². The van der Waals surface area contributed by atoms with E-state index in [0.29, 0.717) is 5.69 Å². The minimum absolute atomic E-state index is 0. The van der Waals surface area contributed by atoms with Crippen molar-refractivity contribution in [3.8, 4) is 11.4 Å². The summed E-state index contributed by atoms with van der Waals surface area (Å²) in [6.45, 7) is 0. The summed E-state index contributed by atoms with van der Waals surface area (Å²) >= 11 is 0. The summed E-state index contributed by atoms with van der Waals surface area (Å²) in [6.07, 6.45) is 3.37. The first kappa shape index (κ1) is 17.4. The Kier molecular flexibility index (Phi) is 8.86. The third-order valence-electron chi connectivity index (χ3n) is 1.71. The summed E-state index contributed by atoms with van der Waals surface area (Å²) in [5.74, 6) is 0. The lowest BCUT2D eigenvalue weighted by Crippen LogP contribution is -1.89. The highest BCUT2D eigenvalue weighted by Crippen LogP contribution is 2.13. The second-order valence-electron chi connectivity index (χ2n) is 2.69. The molecule has 88 valence electrons. The van der Waals surface area contributed by atoms with E-state index in [0.717, 1.165) is 11.4 Å². The van der Waals surface area contributed by atoms with Gasteiger partial charge in [-0.3, -0.25) is 9.97 Å². The molecule has 0 aliphatic heterocycles. The van der Waals surface area contributed by atoms with E-state index in [9.17, 15) is 0 Å². The van der Waals surface area contributed by atoms with Crippen molar-refractivity contribution < 1.29 is 0 Å². The van der Waals surface area contributed by atoms with E-state index >= 15 is 0 Å². The number of halogens is 3. The molecule has 6 heteroatoms. The summed E-state index contributed by atoms with van der Waals surface area (Å²) < 4.78 is 0. The summed E-state index contributed by atoms with van der Waals surface area (Å²) in [4.78, 5) is 8.34. The lowest BCUT2D eigenvalue weighted by atomic mass is 10.2. The van der Waals surface area contributed by atoms with Crippen molar-refractivity contribution >= 4 is 42.9 Å². The van der Waals surface area contributed by atoms with Gasteiger partial charge in [0.25, 0.3) is 0 Å². The number of aromatic nitrogens is 2. The van der Waals surface area contributed by atoms with E-state index in [1.807, 2.05) is 30.3 Å². The molecule has 2 aromatic heterocycles. The minimum Gasteiger partial charge on any atom is -0.397 e. The van der Waals surface area contributed by atoms with Gasteiger partial charge in [-0.1, -0.05) is 6.07 Å². The van der Waals surface area contributed by atoms with Crippen molar-refractivity contribution in [2.24, 2.45) is 0 Å². The van der Waals surface area contributed by atoms with E-state index < -0.39 is 0 Å². The Bertz CT molecular complexity index is 392. The molecular formula is C10H12Cl3N3. The molecule has 0 saturated heterocycles. The molecule has 16 heavy (non-hydrogen) atoms. The predicted octanol–water partition coefficient (Wildman–Crippen LogP) is 2.99. The highest BCUT2D eigenvalue weighted by atomic mass is 35.5. The molecule has 2 heterocycles. The Morgan fingerprint density at radius 3 is 2.00 bits per heavy atom. The number of hydrogen-bond acceptors (Lipinski definition) is 3. The number of pyridine rings is 2. The second kappa shape index (κ2) is 8.16. The maximum Gasteiger partial charge on any atom is 0.0887 e. The van der Waals surface area contributed by atoms with Crippen molar-refractivity contribution in [3.05, 3.63) is 42.7 Å². The van der Waals surface area contributed by atoms with E-state index in [-0.39, 0.29) is 37.2 Å². The minimum atomic E-state index is 0. The number of anilines is 1. The Labute approximate surface area is 113 Å². The average molecular weight is 281 g/mol. The van der Waals surface area contributed by atoms with Crippen LogP contribution in [0, 0.1) is 0 Å². The first-order valence-electron chi connectivity index (χ1n) is 3.99. The molecule has 0 radical (unpaired) electrons. The Balaban J connectivity index is 0. The fourth-order valence-electron chi connectivity index (χ4n) is 1.07. The van der Waals surface area contributed by atoms with Gasteiger partial charge in [0.2, 0.25) is 0 Å². The van der Waals surface area contributed by atoms with Crippen molar-refractivity contribution in [1.82, 2.24) is 9.97 Å². The van der Waals surface area contributed by atoms with Gasteiger partial charge in [-0.25, -0.2) is 0 Å². The zero-order valence-corrected chi connectivity index (χ0v) is 10.7. The van der Waals surface area contributed by atoms with E-state index in [1.165, 1.54) is 0 Å². The van der Waals surface area contributed by atoms with Crippen LogP contribution >= 0.6 is 37.2 Å².